The molecule has 0 spiro atoms. The first-order valence-corrected chi connectivity index (χ1v) is 12.6. The van der Waals surface area contributed by atoms with E-state index in [0.29, 0.717) is 18.0 Å². The van der Waals surface area contributed by atoms with E-state index < -0.39 is 11.8 Å². The molecule has 176 valence electrons. The predicted octanol–water partition coefficient (Wildman–Crippen LogP) is 3.48. The molecule has 3 aromatic rings. The van der Waals surface area contributed by atoms with Gasteiger partial charge in [0, 0.05) is 24.3 Å². The van der Waals surface area contributed by atoms with Crippen LogP contribution in [0.25, 0.3) is 10.2 Å². The van der Waals surface area contributed by atoms with E-state index in [1.165, 1.54) is 0 Å². The van der Waals surface area contributed by atoms with Crippen molar-refractivity contribution in [1.82, 2.24) is 20.6 Å². The van der Waals surface area contributed by atoms with E-state index in [1.54, 1.807) is 11.3 Å². The summed E-state index contributed by atoms with van der Waals surface area (Å²) in [4.78, 5) is 9.44. The van der Waals surface area contributed by atoms with E-state index in [4.69, 9.17) is 4.98 Å². The van der Waals surface area contributed by atoms with Crippen LogP contribution >= 0.6 is 11.3 Å². The summed E-state index contributed by atoms with van der Waals surface area (Å²) < 4.78 is 1.05. The van der Waals surface area contributed by atoms with Crippen LogP contribution in [0.15, 0.2) is 35.7 Å². The molecule has 2 fully saturated rings. The monoisotopic (exact) mass is 468 g/mol. The van der Waals surface area contributed by atoms with E-state index in [9.17, 15) is 10.2 Å². The SMILES string of the molecule is CC1(O)CCC(Nc2nc(Nc3ccc(C(O)N[C@@H]4CCNC4)cc3)nc3ccsc23)CC1. The van der Waals surface area contributed by atoms with Gasteiger partial charge >= 0.3 is 0 Å². The molecule has 5 rings (SSSR count). The Labute approximate surface area is 197 Å². The molecular formula is C24H32N6O2S. The maximum atomic E-state index is 10.5. The molecule has 1 aromatic carbocycles. The first-order chi connectivity index (χ1) is 15.9. The topological polar surface area (TPSA) is 114 Å². The molecule has 1 unspecified atom stereocenters. The van der Waals surface area contributed by atoms with Crippen molar-refractivity contribution in [2.24, 2.45) is 0 Å². The average Bonchev–Trinajstić information content (AvgIpc) is 3.48. The smallest absolute Gasteiger partial charge is 0.229 e. The summed E-state index contributed by atoms with van der Waals surface area (Å²) >= 11 is 1.63. The number of nitrogens with one attached hydrogen (secondary N) is 4. The van der Waals surface area contributed by atoms with Crippen LogP contribution in [0.4, 0.5) is 17.5 Å². The summed E-state index contributed by atoms with van der Waals surface area (Å²) in [6, 6.07) is 10.3. The molecule has 0 radical (unpaired) electrons. The summed E-state index contributed by atoms with van der Waals surface area (Å²) in [5.41, 5.74) is 2.04. The summed E-state index contributed by atoms with van der Waals surface area (Å²) in [5.74, 6) is 1.38. The molecule has 2 atom stereocenters. The summed E-state index contributed by atoms with van der Waals surface area (Å²) in [7, 11) is 0. The van der Waals surface area contributed by atoms with Gasteiger partial charge in [0.15, 0.2) is 0 Å². The highest BCUT2D eigenvalue weighted by molar-refractivity contribution is 7.17. The number of aromatic nitrogens is 2. The number of aliphatic hydroxyl groups is 2. The Morgan fingerprint density at radius 3 is 2.61 bits per heavy atom. The highest BCUT2D eigenvalue weighted by Gasteiger charge is 2.29. The average molecular weight is 469 g/mol. The quantitative estimate of drug-likeness (QED) is 0.292. The molecule has 8 nitrogen and oxygen atoms in total. The van der Waals surface area contributed by atoms with Gasteiger partial charge in [0.05, 0.1) is 15.8 Å². The molecule has 3 heterocycles. The standard InChI is InChI=1S/C24H32N6O2S/c1-24(32)10-6-17(7-11-24)26-21-20-19(9-13-33-20)29-23(30-21)28-16-4-2-15(3-5-16)22(31)27-18-8-12-25-14-18/h2-5,9,13,17-18,22,25,27,31-32H,6-8,10-12,14H2,1H3,(H2,26,28,29,30)/t17?,18-,22?,24?/m1/s1. The third kappa shape index (κ3) is 5.44. The van der Waals surface area contributed by atoms with Gasteiger partial charge in [-0.3, -0.25) is 5.32 Å². The van der Waals surface area contributed by atoms with Gasteiger partial charge in [0.25, 0.3) is 0 Å². The molecule has 9 heteroatoms. The zero-order valence-corrected chi connectivity index (χ0v) is 19.7. The van der Waals surface area contributed by atoms with Crippen LogP contribution in [0.1, 0.15) is 50.8 Å². The zero-order chi connectivity index (χ0) is 22.8. The predicted molar refractivity (Wildman–Crippen MR) is 133 cm³/mol. The molecular weight excluding hydrogens is 436 g/mol. The number of nitrogens with zero attached hydrogens (tertiary/aromatic N) is 2. The lowest BCUT2D eigenvalue weighted by Crippen LogP contribution is -2.35. The molecule has 0 amide bonds. The van der Waals surface area contributed by atoms with Crippen LogP contribution in [0, 0.1) is 0 Å². The second kappa shape index (κ2) is 9.52. The lowest BCUT2D eigenvalue weighted by molar-refractivity contribution is 0.0196. The number of fused-ring (bicyclic) bond motifs is 1. The first-order valence-electron chi connectivity index (χ1n) is 11.7. The van der Waals surface area contributed by atoms with Crippen LogP contribution in [-0.4, -0.2) is 51.0 Å². The molecule has 1 aliphatic carbocycles. The largest absolute Gasteiger partial charge is 0.390 e. The van der Waals surface area contributed by atoms with Gasteiger partial charge in [-0.1, -0.05) is 12.1 Å². The number of thiophene rings is 1. The second-order valence-electron chi connectivity index (χ2n) is 9.45. The minimum atomic E-state index is -0.686. The molecule has 0 bridgehead atoms. The fourth-order valence-electron chi connectivity index (χ4n) is 4.59. The van der Waals surface area contributed by atoms with Gasteiger partial charge < -0.3 is 26.2 Å². The van der Waals surface area contributed by atoms with Gasteiger partial charge in [-0.05, 0) is 74.7 Å². The summed E-state index contributed by atoms with van der Waals surface area (Å²) in [6.45, 7) is 3.79. The van der Waals surface area contributed by atoms with Gasteiger partial charge in [-0.15, -0.1) is 11.3 Å². The maximum Gasteiger partial charge on any atom is 0.229 e. The number of aliphatic hydroxyl groups excluding tert-OH is 1. The third-order valence-corrected chi connectivity index (χ3v) is 7.55. The number of hydrogen-bond donors (Lipinski definition) is 6. The summed E-state index contributed by atoms with van der Waals surface area (Å²) in [6.07, 6.45) is 3.75. The number of anilines is 3. The fourth-order valence-corrected chi connectivity index (χ4v) is 5.37. The third-order valence-electron chi connectivity index (χ3n) is 6.64. The minimum absolute atomic E-state index is 0.293. The molecule has 6 N–H and O–H groups in total. The number of benzene rings is 1. The molecule has 33 heavy (non-hydrogen) atoms. The molecule has 2 aliphatic rings. The molecule has 2 aromatic heterocycles. The Bertz CT molecular complexity index is 1070. The Kier molecular flexibility index (Phi) is 6.49. The Balaban J connectivity index is 1.28. The van der Waals surface area contributed by atoms with Crippen molar-refractivity contribution in [2.45, 2.75) is 62.9 Å². The van der Waals surface area contributed by atoms with Crippen molar-refractivity contribution in [3.63, 3.8) is 0 Å². The van der Waals surface area contributed by atoms with Crippen molar-refractivity contribution in [1.29, 1.82) is 0 Å². The van der Waals surface area contributed by atoms with Crippen LogP contribution in [0.2, 0.25) is 0 Å². The van der Waals surface area contributed by atoms with E-state index >= 15 is 0 Å². The van der Waals surface area contributed by atoms with Crippen molar-refractivity contribution < 1.29 is 10.2 Å². The van der Waals surface area contributed by atoms with E-state index in [0.717, 1.165) is 72.5 Å². The Morgan fingerprint density at radius 2 is 1.88 bits per heavy atom. The molecule has 1 saturated carbocycles. The van der Waals surface area contributed by atoms with Crippen LogP contribution in [0.3, 0.4) is 0 Å². The van der Waals surface area contributed by atoms with E-state index in [1.807, 2.05) is 42.6 Å². The van der Waals surface area contributed by atoms with Crippen molar-refractivity contribution in [3.05, 3.63) is 41.3 Å². The van der Waals surface area contributed by atoms with Crippen molar-refractivity contribution in [3.8, 4) is 0 Å². The highest BCUT2D eigenvalue weighted by atomic mass is 32.1. The molecule has 1 saturated heterocycles. The van der Waals surface area contributed by atoms with E-state index in [-0.39, 0.29) is 0 Å². The van der Waals surface area contributed by atoms with Gasteiger partial charge in [0.1, 0.15) is 12.0 Å². The van der Waals surface area contributed by atoms with Crippen LogP contribution < -0.4 is 21.3 Å². The fraction of sp³-hybridized carbons (Fsp3) is 0.500. The lowest BCUT2D eigenvalue weighted by Gasteiger charge is -2.33. The second-order valence-corrected chi connectivity index (χ2v) is 10.4. The number of hydrogen-bond acceptors (Lipinski definition) is 9. The normalized spacial score (nSPS) is 26.4. The first kappa shape index (κ1) is 22.5. The van der Waals surface area contributed by atoms with Gasteiger partial charge in [0.2, 0.25) is 5.95 Å². The van der Waals surface area contributed by atoms with Crippen LogP contribution in [-0.2, 0) is 0 Å². The molecule has 1 aliphatic heterocycles. The maximum absolute atomic E-state index is 10.5. The number of rotatable bonds is 7. The van der Waals surface area contributed by atoms with E-state index in [2.05, 4.69) is 26.3 Å². The van der Waals surface area contributed by atoms with Crippen molar-refractivity contribution in [2.75, 3.05) is 23.7 Å². The lowest BCUT2D eigenvalue weighted by atomic mass is 9.84. The van der Waals surface area contributed by atoms with Crippen molar-refractivity contribution >= 4 is 39.0 Å². The Morgan fingerprint density at radius 1 is 1.09 bits per heavy atom. The summed E-state index contributed by atoms with van der Waals surface area (Å²) in [5, 5.41) is 36.2. The van der Waals surface area contributed by atoms with Crippen LogP contribution in [0.5, 0.6) is 0 Å². The minimum Gasteiger partial charge on any atom is -0.390 e. The zero-order valence-electron chi connectivity index (χ0n) is 18.8. The van der Waals surface area contributed by atoms with Gasteiger partial charge in [-0.2, -0.15) is 4.98 Å². The highest BCUT2D eigenvalue weighted by Crippen LogP contribution is 2.33. The Hall–Kier alpha value is -2.30. The van der Waals surface area contributed by atoms with Gasteiger partial charge in [-0.25, -0.2) is 4.98 Å².